The van der Waals surface area contributed by atoms with Gasteiger partial charge in [0.2, 0.25) is 5.69 Å². The zero-order chi connectivity index (χ0) is 13.4. The van der Waals surface area contributed by atoms with Crippen LogP contribution in [-0.4, -0.2) is 17.3 Å². The maximum absolute atomic E-state index is 5.78. The van der Waals surface area contributed by atoms with Crippen LogP contribution in [0.3, 0.4) is 0 Å². The fourth-order valence-corrected chi connectivity index (χ4v) is 2.71. The zero-order valence-corrected chi connectivity index (χ0v) is 14.9. The normalized spacial score (nSPS) is 15.5. The second kappa shape index (κ2) is 8.60. The molecule has 2 N–H and O–H groups in total. The van der Waals surface area contributed by atoms with Crippen molar-refractivity contribution in [2.24, 2.45) is 5.73 Å². The molecule has 0 bridgehead atoms. The van der Waals surface area contributed by atoms with Gasteiger partial charge >= 0.3 is 0 Å². The molecule has 115 valence electrons. The molecule has 3 rings (SSSR count). The Labute approximate surface area is 160 Å². The van der Waals surface area contributed by atoms with Gasteiger partial charge in [0.15, 0.2) is 5.71 Å². The van der Waals surface area contributed by atoms with E-state index in [-0.39, 0.29) is 47.6 Å². The quantitative estimate of drug-likeness (QED) is 0.772. The summed E-state index contributed by atoms with van der Waals surface area (Å²) in [7, 11) is 2.14. The Kier molecular flexibility index (Phi) is 8.21. The minimum Gasteiger partial charge on any atom is -0.402 e. The fourth-order valence-electron chi connectivity index (χ4n) is 2.71. The van der Waals surface area contributed by atoms with Crippen LogP contribution >= 0.6 is 0 Å². The molecule has 0 aromatic heterocycles. The Balaban J connectivity index is 0.00000147. The van der Waals surface area contributed by atoms with Crippen LogP contribution in [0.1, 0.15) is 32.4 Å². The van der Waals surface area contributed by atoms with Crippen LogP contribution < -0.4 is 5.73 Å². The van der Waals surface area contributed by atoms with Gasteiger partial charge in [-0.1, -0.05) is 38.6 Å². The zero-order valence-electron chi connectivity index (χ0n) is 12.1. The van der Waals surface area contributed by atoms with Crippen molar-refractivity contribution in [1.29, 1.82) is 0 Å². The number of hydrogen-bond acceptors (Lipinski definition) is 1. The molecule has 22 heavy (non-hydrogen) atoms. The first-order chi connectivity index (χ1) is 9.13. The predicted molar refractivity (Wildman–Crippen MR) is 93.3 cm³/mol. The van der Waals surface area contributed by atoms with E-state index in [0.29, 0.717) is 0 Å². The van der Waals surface area contributed by atoms with Crippen LogP contribution in [0, 0.1) is 6.92 Å². The van der Waals surface area contributed by atoms with Crippen LogP contribution in [0.4, 0.5) is 5.69 Å². The van der Waals surface area contributed by atoms with Crippen LogP contribution in [0.25, 0.3) is 0 Å². The summed E-state index contributed by atoms with van der Waals surface area (Å²) >= 11 is 0. The molecule has 2 nitrogen and oxygen atoms in total. The van der Waals surface area contributed by atoms with Gasteiger partial charge in [-0.05, 0) is 24.6 Å². The van der Waals surface area contributed by atoms with Crippen molar-refractivity contribution < 1.29 is 37.3 Å². The molecule has 0 unspecified atom stereocenters. The van der Waals surface area contributed by atoms with E-state index < -0.39 is 0 Å². The Bertz CT molecular complexity index is 664. The smallest absolute Gasteiger partial charge is 0.208 e. The van der Waals surface area contributed by atoms with Crippen molar-refractivity contribution in [3.63, 3.8) is 0 Å². The van der Waals surface area contributed by atoms with E-state index in [0.717, 1.165) is 18.5 Å². The summed E-state index contributed by atoms with van der Waals surface area (Å²) in [5.41, 5.74) is 13.4. The number of allylic oxidation sites excluding steroid dienone is 5. The summed E-state index contributed by atoms with van der Waals surface area (Å²) in [6.07, 6.45) is 10.4. The fraction of sp³-hybridized carbons (Fsp3) is 0.316. The Morgan fingerprint density at radius 1 is 1.09 bits per heavy atom. The molecule has 0 saturated carbocycles. The molecule has 0 fully saturated rings. The molecular formula is C19H27N2Y+. The molecule has 1 aromatic carbocycles. The number of benzene rings is 1. The Morgan fingerprint density at radius 2 is 1.82 bits per heavy atom. The third-order valence-corrected chi connectivity index (χ3v) is 3.81. The molecule has 1 aromatic rings. The first kappa shape index (κ1) is 21.0. The van der Waals surface area contributed by atoms with Gasteiger partial charge in [-0.15, -0.1) is 0 Å². The number of nitrogens with two attached hydrogens (primary N) is 1. The molecule has 0 amide bonds. The summed E-state index contributed by atoms with van der Waals surface area (Å²) in [6, 6.07) is 6.66. The van der Waals surface area contributed by atoms with E-state index in [1.54, 1.807) is 0 Å². The monoisotopic (exact) mass is 372 g/mol. The molecule has 2 aliphatic rings. The third-order valence-electron chi connectivity index (χ3n) is 3.81. The average molecular weight is 372 g/mol. The van der Waals surface area contributed by atoms with Gasteiger partial charge in [-0.2, -0.15) is 4.58 Å². The minimum atomic E-state index is 0. The van der Waals surface area contributed by atoms with Crippen molar-refractivity contribution in [3.05, 3.63) is 64.9 Å². The van der Waals surface area contributed by atoms with Crippen molar-refractivity contribution in [2.45, 2.75) is 34.6 Å². The number of fused-ring (bicyclic) bond motifs is 1. The van der Waals surface area contributed by atoms with Crippen LogP contribution in [0.5, 0.6) is 0 Å². The summed E-state index contributed by atoms with van der Waals surface area (Å²) < 4.78 is 2.28. The minimum absolute atomic E-state index is 0. The third kappa shape index (κ3) is 4.27. The van der Waals surface area contributed by atoms with E-state index >= 15 is 0 Å². The van der Waals surface area contributed by atoms with Crippen molar-refractivity contribution in [2.75, 3.05) is 7.05 Å². The summed E-state index contributed by atoms with van der Waals surface area (Å²) in [4.78, 5) is 0. The summed E-state index contributed by atoms with van der Waals surface area (Å²) in [5.74, 6) is 0. The van der Waals surface area contributed by atoms with Gasteiger partial charge < -0.3 is 5.73 Å². The number of rotatable bonds is 2. The molecule has 3 heteroatoms. The molecule has 0 spiro atoms. The summed E-state index contributed by atoms with van der Waals surface area (Å²) in [6.45, 7) is 2.14. The van der Waals surface area contributed by atoms with Crippen molar-refractivity contribution >= 4 is 11.4 Å². The van der Waals surface area contributed by atoms with E-state index in [1.807, 2.05) is 6.08 Å². The molecule has 1 aliphatic heterocycles. The second-order valence-corrected chi connectivity index (χ2v) is 5.35. The van der Waals surface area contributed by atoms with Gasteiger partial charge in [0.05, 0.1) is 6.42 Å². The van der Waals surface area contributed by atoms with Gasteiger partial charge in [0.1, 0.15) is 7.05 Å². The molecule has 0 saturated heterocycles. The molecular weight excluding hydrogens is 345 g/mol. The maximum atomic E-state index is 5.78. The molecule has 0 atom stereocenters. The first-order valence-electron chi connectivity index (χ1n) is 6.66. The predicted octanol–water partition coefficient (Wildman–Crippen LogP) is 4.26. The number of nitrogens with zero attached hydrogens (tertiary/aromatic N) is 1. The molecule has 1 heterocycles. The number of hydrogen-bond donors (Lipinski definition) is 1. The standard InChI is InChI=1S/C17H18N2.2CH4.Y/c1-12-3-8-17-14(9-12)11-16(19(17)2)7-5-13-4-6-15(18)10-13;;;/h3-9,18H,10-11H2,1-2H3;2*1H4;/p+1. The van der Waals surface area contributed by atoms with E-state index in [9.17, 15) is 0 Å². The van der Waals surface area contributed by atoms with Crippen LogP contribution in [0.15, 0.2) is 53.8 Å². The van der Waals surface area contributed by atoms with Gasteiger partial charge in [0, 0.05) is 62.5 Å². The topological polar surface area (TPSA) is 29.0 Å². The average Bonchev–Trinajstić information content (AvgIpc) is 2.91. The van der Waals surface area contributed by atoms with Crippen molar-refractivity contribution in [1.82, 2.24) is 0 Å². The van der Waals surface area contributed by atoms with Gasteiger partial charge in [-0.3, -0.25) is 0 Å². The Morgan fingerprint density at radius 3 is 2.45 bits per heavy atom. The Hall–Kier alpha value is -0.986. The van der Waals surface area contributed by atoms with E-state index in [1.165, 1.54) is 28.1 Å². The van der Waals surface area contributed by atoms with Crippen molar-refractivity contribution in [3.8, 4) is 0 Å². The van der Waals surface area contributed by atoms with Gasteiger partial charge in [-0.25, -0.2) is 0 Å². The van der Waals surface area contributed by atoms with E-state index in [2.05, 4.69) is 55.0 Å². The second-order valence-electron chi connectivity index (χ2n) is 5.35. The number of aryl methyl sites for hydroxylation is 1. The summed E-state index contributed by atoms with van der Waals surface area (Å²) in [5, 5.41) is 0. The largest absolute Gasteiger partial charge is 0.402 e. The van der Waals surface area contributed by atoms with Crippen LogP contribution in [-0.2, 0) is 39.1 Å². The van der Waals surface area contributed by atoms with E-state index in [4.69, 9.17) is 5.73 Å². The maximum Gasteiger partial charge on any atom is 0.208 e. The molecule has 1 aliphatic carbocycles. The van der Waals surface area contributed by atoms with Crippen LogP contribution in [0.2, 0.25) is 0 Å². The molecule has 1 radical (unpaired) electrons. The first-order valence-corrected chi connectivity index (χ1v) is 6.66. The SMILES string of the molecule is C.C.Cc1ccc2c(c1)CC(C=CC1=CC=C(N)C1)=[N+]2C.[Y]. The van der Waals surface area contributed by atoms with Gasteiger partial charge in [0.25, 0.3) is 0 Å².